The molecule has 3 aromatic carbocycles. The van der Waals surface area contributed by atoms with Crippen molar-refractivity contribution in [2.24, 2.45) is 16.2 Å². The van der Waals surface area contributed by atoms with Crippen LogP contribution < -0.4 is 20.7 Å². The summed E-state index contributed by atoms with van der Waals surface area (Å²) in [6, 6.07) is 20.8. The second-order valence-corrected chi connectivity index (χ2v) is 21.9. The Labute approximate surface area is 410 Å². The summed E-state index contributed by atoms with van der Waals surface area (Å²) < 4.78 is 12.1. The zero-order valence-corrected chi connectivity index (χ0v) is 42.4. The zero-order chi connectivity index (χ0) is 49.6. The van der Waals surface area contributed by atoms with Crippen LogP contribution in [0.25, 0.3) is 10.4 Å². The number of aliphatic hydroxyl groups is 1. The summed E-state index contributed by atoms with van der Waals surface area (Å²) in [7, 11) is 0. The van der Waals surface area contributed by atoms with E-state index in [4.69, 9.17) is 21.1 Å². The molecule has 4 N–H and O–H groups in total. The number of hydrogen-bond acceptors (Lipinski definition) is 11. The summed E-state index contributed by atoms with van der Waals surface area (Å²) in [6.45, 7) is 18.7. The Morgan fingerprint density at radius 2 is 1.69 bits per heavy atom. The Balaban J connectivity index is 0.887. The number of ether oxygens (including phenoxy) is 2. The van der Waals surface area contributed by atoms with Crippen LogP contribution in [0.4, 0.5) is 5.69 Å². The topological polar surface area (TPSA) is 183 Å². The number of aliphatic hydroxyl groups excluding tert-OH is 1. The summed E-state index contributed by atoms with van der Waals surface area (Å²) in [5.41, 5.74) is 5.31. The standard InChI is InChI=1S/C53H67ClN6O7S/c1-32(34-13-15-35(16-14-34)45-33(2)57-31-68-45)25-43(62)42-26-39(61)29-60(42)48(65)46(51(3,4)5)58-44(63)30-66-24-12-10-11-23-56-38-20-17-36(18-21-38)47(64)59-49-52(6,7)50(53(49,8)9)67-40-22-19-37(28-55)41(54)27-40/h13-22,27,31-32,39,42,46,49-50,56,61H,10-12,23-26,29-30H2,1-9H3,(H,58,63)(H,59,64)/t32-,39+,42-,46+,49?,50?/m0/s1. The fourth-order valence-electron chi connectivity index (χ4n) is 9.93. The molecule has 0 bridgehead atoms. The van der Waals surface area contributed by atoms with Crippen LogP contribution in [0.3, 0.4) is 0 Å². The number of anilines is 1. The molecule has 2 heterocycles. The smallest absolute Gasteiger partial charge is 0.251 e. The third kappa shape index (κ3) is 12.3. The molecular weight excluding hydrogens is 900 g/mol. The molecule has 4 atom stereocenters. The molecule has 4 aromatic rings. The Morgan fingerprint density at radius 3 is 2.31 bits per heavy atom. The molecule has 0 spiro atoms. The Kier molecular flexibility index (Phi) is 16.8. The van der Waals surface area contributed by atoms with Crippen LogP contribution in [0, 0.1) is 34.5 Å². The summed E-state index contributed by atoms with van der Waals surface area (Å²) in [4.78, 5) is 61.2. The molecule has 3 amide bonds. The Bertz CT molecular complexity index is 2440. The number of likely N-dealkylation sites (tertiary alicyclic amines) is 1. The highest BCUT2D eigenvalue weighted by atomic mass is 35.5. The fraction of sp³-hybridized carbons (Fsp3) is 0.509. The van der Waals surface area contributed by atoms with E-state index in [9.17, 15) is 29.5 Å². The van der Waals surface area contributed by atoms with Gasteiger partial charge in [-0.2, -0.15) is 5.26 Å². The monoisotopic (exact) mass is 966 g/mol. The molecule has 1 aliphatic heterocycles. The summed E-state index contributed by atoms with van der Waals surface area (Å²) >= 11 is 7.83. The van der Waals surface area contributed by atoms with Gasteiger partial charge in [0.25, 0.3) is 5.91 Å². The van der Waals surface area contributed by atoms with Crippen LogP contribution >= 0.6 is 22.9 Å². The van der Waals surface area contributed by atoms with Gasteiger partial charge in [0.1, 0.15) is 30.6 Å². The number of nitriles is 1. The van der Waals surface area contributed by atoms with Crippen molar-refractivity contribution in [1.29, 1.82) is 5.26 Å². The van der Waals surface area contributed by atoms with Gasteiger partial charge in [-0.15, -0.1) is 11.3 Å². The van der Waals surface area contributed by atoms with E-state index in [-0.39, 0.29) is 66.6 Å². The molecule has 1 saturated heterocycles. The lowest BCUT2D eigenvalue weighted by Crippen LogP contribution is -2.74. The average Bonchev–Trinajstić information content (AvgIpc) is 3.91. The number of halogens is 1. The minimum absolute atomic E-state index is 0.0265. The number of Topliss-reactive ketones (excluding diaryl/α,β-unsaturated/α-hetero) is 1. The number of aromatic nitrogens is 1. The predicted molar refractivity (Wildman–Crippen MR) is 267 cm³/mol. The maximum atomic E-state index is 14.1. The normalized spacial score (nSPS) is 20.4. The molecule has 1 saturated carbocycles. The van der Waals surface area contributed by atoms with Crippen LogP contribution in [0.2, 0.25) is 5.02 Å². The quantitative estimate of drug-likeness (QED) is 0.0624. The number of thiazole rings is 1. The minimum atomic E-state index is -0.924. The fourth-order valence-corrected chi connectivity index (χ4v) is 11.0. The highest BCUT2D eigenvalue weighted by molar-refractivity contribution is 7.13. The first kappa shape index (κ1) is 52.0. The number of carbonyl (C=O) groups is 4. The molecule has 2 aliphatic rings. The SMILES string of the molecule is Cc1ncsc1-c1ccc([C@@H](C)CC(=O)[C@@H]2C[C@@H](O)CN2C(=O)[C@@H](NC(=O)COCCCCCNc2ccc(C(=O)NC3C(C)(C)C(Oc4ccc(C#N)c(Cl)c4)C3(C)C)cc2)C(C)(C)C)cc1. The maximum absolute atomic E-state index is 14.1. The first-order chi connectivity index (χ1) is 32.1. The van der Waals surface area contributed by atoms with Crippen molar-refractivity contribution in [1.82, 2.24) is 20.5 Å². The van der Waals surface area contributed by atoms with E-state index in [0.29, 0.717) is 35.1 Å². The number of ketones is 1. The molecule has 6 rings (SSSR count). The van der Waals surface area contributed by atoms with Gasteiger partial charge in [0.05, 0.1) is 38.8 Å². The van der Waals surface area contributed by atoms with Gasteiger partial charge >= 0.3 is 0 Å². The van der Waals surface area contributed by atoms with Crippen molar-refractivity contribution < 1.29 is 33.8 Å². The van der Waals surface area contributed by atoms with Crippen LogP contribution in [0.15, 0.2) is 72.2 Å². The highest BCUT2D eigenvalue weighted by Gasteiger charge is 2.64. The van der Waals surface area contributed by atoms with Gasteiger partial charge in [0, 0.05) is 66.7 Å². The van der Waals surface area contributed by atoms with Crippen molar-refractivity contribution >= 4 is 52.1 Å². The number of carbonyl (C=O) groups excluding carboxylic acids is 4. The Morgan fingerprint density at radius 1 is 1.00 bits per heavy atom. The van der Waals surface area contributed by atoms with E-state index in [1.54, 1.807) is 41.7 Å². The van der Waals surface area contributed by atoms with Gasteiger partial charge in [-0.25, -0.2) is 4.98 Å². The number of hydrogen-bond donors (Lipinski definition) is 4. The number of amides is 3. The first-order valence-electron chi connectivity index (χ1n) is 23.5. The van der Waals surface area contributed by atoms with E-state index in [2.05, 4.69) is 54.7 Å². The third-order valence-corrected chi connectivity index (χ3v) is 14.7. The number of aryl methyl sites for hydroxylation is 1. The largest absolute Gasteiger partial charge is 0.489 e. The van der Waals surface area contributed by atoms with E-state index in [0.717, 1.165) is 46.6 Å². The second kappa shape index (κ2) is 22.0. The average molecular weight is 968 g/mol. The minimum Gasteiger partial charge on any atom is -0.489 e. The molecule has 68 heavy (non-hydrogen) atoms. The lowest BCUT2D eigenvalue weighted by Gasteiger charge is -2.63. The number of benzene rings is 3. The van der Waals surface area contributed by atoms with Gasteiger partial charge < -0.3 is 35.4 Å². The van der Waals surface area contributed by atoms with Crippen LogP contribution in [0.5, 0.6) is 5.75 Å². The van der Waals surface area contributed by atoms with E-state index < -0.39 is 35.4 Å². The summed E-state index contributed by atoms with van der Waals surface area (Å²) in [6.07, 6.45) is 1.79. The molecule has 15 heteroatoms. The molecular formula is C53H67ClN6O7S. The van der Waals surface area contributed by atoms with Gasteiger partial charge in [-0.3, -0.25) is 19.2 Å². The highest BCUT2D eigenvalue weighted by Crippen LogP contribution is 2.55. The van der Waals surface area contributed by atoms with Crippen molar-refractivity contribution in [2.45, 2.75) is 131 Å². The zero-order valence-electron chi connectivity index (χ0n) is 40.8. The number of β-amino-alcohol motifs (C(OH)–C–C–N with tert-alkyl or cyclic N) is 1. The Hall–Kier alpha value is -5.33. The van der Waals surface area contributed by atoms with Crippen molar-refractivity contribution in [3.8, 4) is 22.3 Å². The van der Waals surface area contributed by atoms with Crippen molar-refractivity contribution in [2.75, 3.05) is 31.6 Å². The lowest BCUT2D eigenvalue weighted by atomic mass is 9.49. The molecule has 364 valence electrons. The number of rotatable bonds is 20. The van der Waals surface area contributed by atoms with Gasteiger partial charge in [0.2, 0.25) is 11.8 Å². The van der Waals surface area contributed by atoms with Crippen LogP contribution in [-0.2, 0) is 19.1 Å². The van der Waals surface area contributed by atoms with Crippen molar-refractivity contribution in [3.05, 3.63) is 99.6 Å². The summed E-state index contributed by atoms with van der Waals surface area (Å²) in [5.74, 6) is -0.608. The molecule has 0 radical (unpaired) electrons. The van der Waals surface area contributed by atoms with Gasteiger partial charge in [0.15, 0.2) is 5.78 Å². The predicted octanol–water partition coefficient (Wildman–Crippen LogP) is 9.11. The second-order valence-electron chi connectivity index (χ2n) is 20.6. The van der Waals surface area contributed by atoms with E-state index in [1.165, 1.54) is 4.90 Å². The van der Waals surface area contributed by atoms with E-state index in [1.807, 2.05) is 76.5 Å². The first-order valence-corrected chi connectivity index (χ1v) is 24.8. The van der Waals surface area contributed by atoms with Crippen LogP contribution in [-0.4, -0.2) is 95.1 Å². The molecule has 13 nitrogen and oxygen atoms in total. The van der Waals surface area contributed by atoms with Gasteiger partial charge in [-0.1, -0.05) is 91.3 Å². The molecule has 1 aliphatic carbocycles. The molecule has 0 unspecified atom stereocenters. The molecule has 2 fully saturated rings. The van der Waals surface area contributed by atoms with Crippen LogP contribution in [0.1, 0.15) is 121 Å². The number of nitrogens with one attached hydrogen (secondary N) is 3. The third-order valence-electron chi connectivity index (χ3n) is 13.5. The maximum Gasteiger partial charge on any atom is 0.251 e. The molecule has 1 aromatic heterocycles. The number of nitrogens with zero attached hydrogens (tertiary/aromatic N) is 3. The lowest BCUT2D eigenvalue weighted by molar-refractivity contribution is -0.164. The van der Waals surface area contributed by atoms with Gasteiger partial charge in [-0.05, 0) is 85.0 Å². The summed E-state index contributed by atoms with van der Waals surface area (Å²) in [5, 5.41) is 29.7. The van der Waals surface area contributed by atoms with Crippen molar-refractivity contribution in [3.63, 3.8) is 0 Å². The number of unbranched alkanes of at least 4 members (excludes halogenated alkanes) is 2. The van der Waals surface area contributed by atoms with E-state index >= 15 is 0 Å².